The van der Waals surface area contributed by atoms with Crippen LogP contribution in [0.5, 0.6) is 0 Å². The Bertz CT molecular complexity index is 1450. The maximum absolute atomic E-state index is 14.1. The van der Waals surface area contributed by atoms with Gasteiger partial charge in [0.25, 0.3) is 10.0 Å². The molecule has 2 amide bonds. The van der Waals surface area contributed by atoms with Crippen LogP contribution in [0.15, 0.2) is 82.2 Å². The van der Waals surface area contributed by atoms with E-state index in [0.29, 0.717) is 5.69 Å². The second kappa shape index (κ2) is 13.7. The minimum Gasteiger partial charge on any atom is -0.352 e. The van der Waals surface area contributed by atoms with Crippen molar-refractivity contribution in [2.24, 2.45) is 0 Å². The molecule has 1 saturated carbocycles. The highest BCUT2D eigenvalue weighted by Gasteiger charge is 2.33. The van der Waals surface area contributed by atoms with Crippen molar-refractivity contribution in [1.82, 2.24) is 10.2 Å². The molecule has 0 heterocycles. The zero-order valence-electron chi connectivity index (χ0n) is 23.8. The van der Waals surface area contributed by atoms with Gasteiger partial charge in [0.1, 0.15) is 12.6 Å². The number of sulfonamides is 1. The maximum Gasteiger partial charge on any atom is 0.264 e. The van der Waals surface area contributed by atoms with Crippen LogP contribution in [0.1, 0.15) is 55.7 Å². The van der Waals surface area contributed by atoms with Crippen molar-refractivity contribution < 1.29 is 18.0 Å². The molecule has 0 saturated heterocycles. The summed E-state index contributed by atoms with van der Waals surface area (Å²) in [5.41, 5.74) is 3.17. The lowest BCUT2D eigenvalue weighted by atomic mass is 9.95. The number of benzene rings is 3. The molecule has 41 heavy (non-hydrogen) atoms. The zero-order valence-corrected chi connectivity index (χ0v) is 26.2. The third-order valence-corrected chi connectivity index (χ3v) is 10.0. The van der Waals surface area contributed by atoms with Gasteiger partial charge >= 0.3 is 0 Å². The number of halogens is 1. The Morgan fingerprint density at radius 2 is 1.56 bits per heavy atom. The smallest absolute Gasteiger partial charge is 0.264 e. The Morgan fingerprint density at radius 3 is 2.20 bits per heavy atom. The molecule has 0 aliphatic heterocycles. The van der Waals surface area contributed by atoms with Crippen molar-refractivity contribution in [3.63, 3.8) is 0 Å². The number of nitrogens with zero attached hydrogens (tertiary/aromatic N) is 2. The molecule has 0 spiro atoms. The third-order valence-electron chi connectivity index (χ3n) is 7.72. The number of rotatable bonds is 10. The molecule has 1 N–H and O–H groups in total. The van der Waals surface area contributed by atoms with Gasteiger partial charge in [-0.15, -0.1) is 0 Å². The van der Waals surface area contributed by atoms with Crippen molar-refractivity contribution in [3.8, 4) is 0 Å². The number of anilines is 1. The van der Waals surface area contributed by atoms with E-state index < -0.39 is 28.5 Å². The Balaban J connectivity index is 1.68. The molecular formula is C32H38BrN3O4S. The second-order valence-corrected chi connectivity index (χ2v) is 13.5. The largest absolute Gasteiger partial charge is 0.352 e. The fourth-order valence-electron chi connectivity index (χ4n) is 5.10. The molecule has 0 aromatic heterocycles. The van der Waals surface area contributed by atoms with Gasteiger partial charge in [0.15, 0.2) is 0 Å². The van der Waals surface area contributed by atoms with Gasteiger partial charge in [0.2, 0.25) is 11.8 Å². The average molecular weight is 641 g/mol. The quantitative estimate of drug-likeness (QED) is 0.289. The minimum absolute atomic E-state index is 0.0902. The highest BCUT2D eigenvalue weighted by atomic mass is 79.9. The Kier molecular flexibility index (Phi) is 10.3. The molecule has 9 heteroatoms. The maximum atomic E-state index is 14.1. The first-order chi connectivity index (χ1) is 19.6. The zero-order chi connectivity index (χ0) is 29.6. The van der Waals surface area contributed by atoms with E-state index in [1.54, 1.807) is 55.5 Å². The molecular weight excluding hydrogens is 602 g/mol. The number of carbonyl (C=O) groups is 2. The van der Waals surface area contributed by atoms with E-state index in [0.717, 1.165) is 51.2 Å². The SMILES string of the molecule is Cc1ccc(S(=O)(=O)N(CC(=O)N(Cc2ccccc2C)C(C)C(=O)NC2CCCCC2)c2ccc(Br)cc2)cc1. The highest BCUT2D eigenvalue weighted by molar-refractivity contribution is 9.10. The molecule has 4 rings (SSSR count). The van der Waals surface area contributed by atoms with E-state index in [9.17, 15) is 18.0 Å². The molecule has 1 aliphatic carbocycles. The third kappa shape index (κ3) is 7.77. The average Bonchev–Trinajstić information content (AvgIpc) is 2.96. The Morgan fingerprint density at radius 1 is 0.927 bits per heavy atom. The molecule has 3 aromatic rings. The Hall–Kier alpha value is -3.17. The lowest BCUT2D eigenvalue weighted by Gasteiger charge is -2.33. The summed E-state index contributed by atoms with van der Waals surface area (Å²) in [7, 11) is -4.09. The highest BCUT2D eigenvalue weighted by Crippen LogP contribution is 2.27. The summed E-state index contributed by atoms with van der Waals surface area (Å²) in [6, 6.07) is 20.4. The first kappa shape index (κ1) is 30.8. The summed E-state index contributed by atoms with van der Waals surface area (Å²) < 4.78 is 29.8. The van der Waals surface area contributed by atoms with E-state index in [1.165, 1.54) is 11.3 Å². The van der Waals surface area contributed by atoms with Gasteiger partial charge in [-0.3, -0.25) is 13.9 Å². The van der Waals surface area contributed by atoms with Crippen LogP contribution in [0.4, 0.5) is 5.69 Å². The first-order valence-electron chi connectivity index (χ1n) is 14.1. The van der Waals surface area contributed by atoms with Crippen LogP contribution in [0.2, 0.25) is 0 Å². The standard InChI is InChI=1S/C32H38BrN3O4S/c1-23-13-19-30(20-14-23)41(39,40)36(29-17-15-27(33)16-18-29)22-31(37)35(21-26-10-8-7-9-24(26)2)25(3)32(38)34-28-11-5-4-6-12-28/h7-10,13-20,25,28H,4-6,11-12,21-22H2,1-3H3,(H,34,38). The van der Waals surface area contributed by atoms with Crippen LogP contribution in [-0.4, -0.2) is 43.8 Å². The second-order valence-electron chi connectivity index (χ2n) is 10.8. The summed E-state index contributed by atoms with van der Waals surface area (Å²) >= 11 is 3.40. The Labute approximate surface area is 252 Å². The summed E-state index contributed by atoms with van der Waals surface area (Å²) in [6.07, 6.45) is 5.17. The lowest BCUT2D eigenvalue weighted by Crippen LogP contribution is -2.53. The first-order valence-corrected chi connectivity index (χ1v) is 16.3. The van der Waals surface area contributed by atoms with Crippen molar-refractivity contribution in [2.45, 2.75) is 76.4 Å². The van der Waals surface area contributed by atoms with E-state index in [2.05, 4.69) is 21.2 Å². The molecule has 1 aliphatic rings. The molecule has 0 bridgehead atoms. The fraction of sp³-hybridized carbons (Fsp3) is 0.375. The van der Waals surface area contributed by atoms with Crippen LogP contribution in [0.3, 0.4) is 0 Å². The van der Waals surface area contributed by atoms with Crippen LogP contribution >= 0.6 is 15.9 Å². The van der Waals surface area contributed by atoms with Crippen molar-refractivity contribution in [1.29, 1.82) is 0 Å². The van der Waals surface area contributed by atoms with Gasteiger partial charge in [0, 0.05) is 17.1 Å². The summed E-state index contributed by atoms with van der Waals surface area (Å²) in [5, 5.41) is 3.14. The van der Waals surface area contributed by atoms with Crippen LogP contribution in [-0.2, 0) is 26.2 Å². The normalized spacial score (nSPS) is 14.7. The molecule has 1 unspecified atom stereocenters. The van der Waals surface area contributed by atoms with E-state index in [1.807, 2.05) is 38.1 Å². The summed E-state index contributed by atoms with van der Waals surface area (Å²) in [6.45, 7) is 5.29. The van der Waals surface area contributed by atoms with Gasteiger partial charge < -0.3 is 10.2 Å². The van der Waals surface area contributed by atoms with Gasteiger partial charge in [-0.1, -0.05) is 77.2 Å². The monoisotopic (exact) mass is 639 g/mol. The molecule has 0 radical (unpaired) electrons. The van der Waals surface area contributed by atoms with Crippen molar-refractivity contribution >= 4 is 43.5 Å². The minimum atomic E-state index is -4.09. The number of carbonyl (C=O) groups excluding carboxylic acids is 2. The number of aryl methyl sites for hydroxylation is 2. The van der Waals surface area contributed by atoms with E-state index >= 15 is 0 Å². The topological polar surface area (TPSA) is 86.8 Å². The van der Waals surface area contributed by atoms with Crippen LogP contribution < -0.4 is 9.62 Å². The number of amides is 2. The van der Waals surface area contributed by atoms with Gasteiger partial charge in [-0.2, -0.15) is 0 Å². The molecule has 1 atom stereocenters. The number of hydrogen-bond donors (Lipinski definition) is 1. The summed E-state index contributed by atoms with van der Waals surface area (Å²) in [4.78, 5) is 29.1. The lowest BCUT2D eigenvalue weighted by molar-refractivity contribution is -0.139. The predicted molar refractivity (Wildman–Crippen MR) is 166 cm³/mol. The molecule has 218 valence electrons. The predicted octanol–water partition coefficient (Wildman–Crippen LogP) is 6.13. The van der Waals surface area contributed by atoms with Gasteiger partial charge in [-0.05, 0) is 81.1 Å². The number of hydrogen-bond acceptors (Lipinski definition) is 4. The molecule has 7 nitrogen and oxygen atoms in total. The van der Waals surface area contributed by atoms with E-state index in [-0.39, 0.29) is 23.4 Å². The van der Waals surface area contributed by atoms with Crippen molar-refractivity contribution in [2.75, 3.05) is 10.8 Å². The molecule has 3 aromatic carbocycles. The summed E-state index contributed by atoms with van der Waals surface area (Å²) in [5.74, 6) is -0.687. The number of nitrogens with one attached hydrogen (secondary N) is 1. The van der Waals surface area contributed by atoms with Crippen LogP contribution in [0.25, 0.3) is 0 Å². The van der Waals surface area contributed by atoms with Gasteiger partial charge in [0.05, 0.1) is 10.6 Å². The van der Waals surface area contributed by atoms with Crippen LogP contribution in [0, 0.1) is 13.8 Å². The van der Waals surface area contributed by atoms with Gasteiger partial charge in [-0.25, -0.2) is 8.42 Å². The van der Waals surface area contributed by atoms with E-state index in [4.69, 9.17) is 0 Å². The fourth-order valence-corrected chi connectivity index (χ4v) is 6.77. The molecule has 1 fully saturated rings. The van der Waals surface area contributed by atoms with Crippen molar-refractivity contribution in [3.05, 3.63) is 94.0 Å².